The summed E-state index contributed by atoms with van der Waals surface area (Å²) in [6.45, 7) is 0. The Balaban J connectivity index is 1.56. The zero-order valence-electron chi connectivity index (χ0n) is 26.0. The van der Waals surface area contributed by atoms with E-state index in [1.54, 1.807) is 14.2 Å². The lowest BCUT2D eigenvalue weighted by Gasteiger charge is -2.33. The molecule has 0 aromatic heterocycles. The number of hydrogen-bond donors (Lipinski definition) is 0. The molecule has 0 N–H and O–H groups in total. The van der Waals surface area contributed by atoms with E-state index in [2.05, 4.69) is 121 Å². The Kier molecular flexibility index (Phi) is 9.17. The normalized spacial score (nSPS) is 12.0. The first-order valence-corrected chi connectivity index (χ1v) is 15.3. The van der Waals surface area contributed by atoms with E-state index in [0.717, 1.165) is 44.9 Å². The van der Waals surface area contributed by atoms with Gasteiger partial charge in [0.25, 0.3) is 0 Å². The molecule has 0 unspecified atom stereocenters. The van der Waals surface area contributed by atoms with Gasteiger partial charge in [0.2, 0.25) is 0 Å². The molecule has 0 aliphatic rings. The van der Waals surface area contributed by atoms with Crippen molar-refractivity contribution in [3.63, 3.8) is 0 Å². The van der Waals surface area contributed by atoms with E-state index in [1.165, 1.54) is 0 Å². The molecule has 0 aliphatic carbocycles. The molecule has 0 aliphatic heterocycles. The first kappa shape index (κ1) is 30.3. The van der Waals surface area contributed by atoms with Crippen LogP contribution in [0.1, 0.15) is 33.4 Å². The molecule has 0 saturated carbocycles. The van der Waals surface area contributed by atoms with Gasteiger partial charge in [-0.3, -0.25) is 0 Å². The van der Waals surface area contributed by atoms with Gasteiger partial charge in [-0.25, -0.2) is 0 Å². The average molecular weight is 601 g/mol. The van der Waals surface area contributed by atoms with E-state index in [4.69, 9.17) is 19.7 Å². The molecule has 6 aromatic rings. The van der Waals surface area contributed by atoms with Gasteiger partial charge in [0.15, 0.2) is 0 Å². The fourth-order valence-electron chi connectivity index (χ4n) is 6.20. The van der Waals surface area contributed by atoms with Crippen LogP contribution < -0.4 is 9.47 Å². The Hall–Kier alpha value is -5.74. The highest BCUT2D eigenvalue weighted by molar-refractivity contribution is 5.87. The van der Waals surface area contributed by atoms with Gasteiger partial charge >= 0.3 is 0 Å². The predicted molar refractivity (Wildman–Crippen MR) is 189 cm³/mol. The van der Waals surface area contributed by atoms with E-state index in [0.29, 0.717) is 0 Å². The molecule has 6 rings (SSSR count). The second kappa shape index (κ2) is 13.9. The van der Waals surface area contributed by atoms with Crippen molar-refractivity contribution >= 4 is 12.4 Å². The first-order valence-electron chi connectivity index (χ1n) is 15.3. The third kappa shape index (κ3) is 5.85. The summed E-state index contributed by atoms with van der Waals surface area (Å²) in [5, 5.41) is 9.80. The van der Waals surface area contributed by atoms with Crippen LogP contribution in [0, 0.1) is 0 Å². The van der Waals surface area contributed by atoms with Crippen LogP contribution in [0.25, 0.3) is 0 Å². The van der Waals surface area contributed by atoms with Gasteiger partial charge in [0.1, 0.15) is 11.5 Å². The molecule has 0 amide bonds. The Morgan fingerprint density at radius 3 is 0.826 bits per heavy atom. The molecule has 4 heteroatoms. The minimum atomic E-state index is -0.714. The van der Waals surface area contributed by atoms with E-state index in [1.807, 2.05) is 61.0 Å². The largest absolute Gasteiger partial charge is 0.497 e. The summed E-state index contributed by atoms with van der Waals surface area (Å²) in [5.41, 5.74) is 5.00. The average Bonchev–Trinajstić information content (AvgIpc) is 3.15. The number of nitrogens with zero attached hydrogens (tertiary/aromatic N) is 2. The second-order valence-electron chi connectivity index (χ2n) is 11.0. The van der Waals surface area contributed by atoms with Crippen molar-refractivity contribution in [2.24, 2.45) is 10.2 Å². The minimum Gasteiger partial charge on any atom is -0.497 e. The number of hydrogen-bond acceptors (Lipinski definition) is 4. The van der Waals surface area contributed by atoms with Crippen LogP contribution in [0.4, 0.5) is 0 Å². The Labute approximate surface area is 271 Å². The molecule has 0 spiro atoms. The summed E-state index contributed by atoms with van der Waals surface area (Å²) < 4.78 is 11.0. The van der Waals surface area contributed by atoms with Crippen molar-refractivity contribution in [3.05, 3.63) is 203 Å². The van der Waals surface area contributed by atoms with Gasteiger partial charge in [-0.15, -0.1) is 0 Å². The molecule has 0 fully saturated rings. The van der Waals surface area contributed by atoms with Crippen molar-refractivity contribution in [2.75, 3.05) is 14.2 Å². The molecule has 4 nitrogen and oxygen atoms in total. The smallest absolute Gasteiger partial charge is 0.118 e. The summed E-state index contributed by atoms with van der Waals surface area (Å²) in [4.78, 5) is 0. The van der Waals surface area contributed by atoms with Crippen molar-refractivity contribution in [3.8, 4) is 11.5 Å². The molecule has 6 aromatic carbocycles. The number of ether oxygens (including phenoxy) is 2. The third-order valence-corrected chi connectivity index (χ3v) is 8.58. The molecule has 0 bridgehead atoms. The van der Waals surface area contributed by atoms with Crippen molar-refractivity contribution in [2.45, 2.75) is 10.8 Å². The number of rotatable bonds is 11. The maximum absolute atomic E-state index is 5.50. The second-order valence-corrected chi connectivity index (χ2v) is 11.0. The zero-order valence-corrected chi connectivity index (χ0v) is 26.0. The van der Waals surface area contributed by atoms with Gasteiger partial charge in [-0.1, -0.05) is 146 Å². The van der Waals surface area contributed by atoms with E-state index in [-0.39, 0.29) is 0 Å². The van der Waals surface area contributed by atoms with Crippen LogP contribution >= 0.6 is 0 Å². The van der Waals surface area contributed by atoms with Crippen molar-refractivity contribution in [1.29, 1.82) is 0 Å². The van der Waals surface area contributed by atoms with Gasteiger partial charge in [-0.05, 0) is 57.6 Å². The van der Waals surface area contributed by atoms with Crippen LogP contribution in [-0.4, -0.2) is 26.6 Å². The quantitative estimate of drug-likeness (QED) is 0.0846. The summed E-state index contributed by atoms with van der Waals surface area (Å²) >= 11 is 0. The third-order valence-electron chi connectivity index (χ3n) is 8.58. The SMILES string of the molecule is COc1ccc(C(/C=N/N=C/C(c2ccccc2)(c2ccccc2)c2ccc(OC)cc2)(c2ccccc2)c2ccccc2)cc1. The van der Waals surface area contributed by atoms with E-state index < -0.39 is 10.8 Å². The summed E-state index contributed by atoms with van der Waals surface area (Å²) in [6.07, 6.45) is 3.93. The molecule has 0 atom stereocenters. The van der Waals surface area contributed by atoms with E-state index in [9.17, 15) is 0 Å². The molecular weight excluding hydrogens is 564 g/mol. The molecular formula is C42H36N2O2. The predicted octanol–water partition coefficient (Wildman–Crippen LogP) is 9.13. The summed E-state index contributed by atoms with van der Waals surface area (Å²) in [5.74, 6) is 1.59. The lowest BCUT2D eigenvalue weighted by Crippen LogP contribution is -2.32. The first-order chi connectivity index (χ1) is 22.7. The lowest BCUT2D eigenvalue weighted by molar-refractivity contribution is 0.414. The van der Waals surface area contributed by atoms with Crippen LogP contribution in [0.2, 0.25) is 0 Å². The minimum absolute atomic E-state index is 0.714. The fraction of sp³-hybridized carbons (Fsp3) is 0.0952. The van der Waals surface area contributed by atoms with Gasteiger partial charge < -0.3 is 9.47 Å². The van der Waals surface area contributed by atoms with Crippen LogP contribution in [0.15, 0.2) is 180 Å². The zero-order chi connectivity index (χ0) is 31.7. The van der Waals surface area contributed by atoms with Crippen LogP contribution in [-0.2, 0) is 10.8 Å². The van der Waals surface area contributed by atoms with E-state index >= 15 is 0 Å². The standard InChI is InChI=1S/C42H36N2O2/c1-45-39-27-23-37(24-28-39)41(33-15-7-3-8-16-33,34-17-9-4-10-18-34)31-43-44-32-42(35-19-11-5-12-20-35,36-21-13-6-14-22-36)38-25-29-40(46-2)30-26-38/h3-32H,1-2H3/b43-31+,44-32+. The van der Waals surface area contributed by atoms with Crippen LogP contribution in [0.3, 0.4) is 0 Å². The summed E-state index contributed by atoms with van der Waals surface area (Å²) in [6, 6.07) is 58.1. The highest BCUT2D eigenvalue weighted by Crippen LogP contribution is 2.40. The van der Waals surface area contributed by atoms with Gasteiger partial charge in [0, 0.05) is 12.4 Å². The van der Waals surface area contributed by atoms with Crippen molar-refractivity contribution in [1.82, 2.24) is 0 Å². The van der Waals surface area contributed by atoms with Crippen LogP contribution in [0.5, 0.6) is 11.5 Å². The highest BCUT2D eigenvalue weighted by atomic mass is 16.5. The maximum atomic E-state index is 5.50. The molecule has 46 heavy (non-hydrogen) atoms. The monoisotopic (exact) mass is 600 g/mol. The summed E-state index contributed by atoms with van der Waals surface area (Å²) in [7, 11) is 3.36. The Morgan fingerprint density at radius 1 is 0.348 bits per heavy atom. The van der Waals surface area contributed by atoms with Crippen molar-refractivity contribution < 1.29 is 9.47 Å². The van der Waals surface area contributed by atoms with Gasteiger partial charge in [-0.2, -0.15) is 10.2 Å². The highest BCUT2D eigenvalue weighted by Gasteiger charge is 2.37. The molecule has 0 radical (unpaired) electrons. The lowest BCUT2D eigenvalue weighted by atomic mass is 9.70. The number of methoxy groups -OCH3 is 2. The number of benzene rings is 6. The molecule has 0 saturated heterocycles. The maximum Gasteiger partial charge on any atom is 0.118 e. The molecule has 226 valence electrons. The Bertz CT molecular complexity index is 1650. The topological polar surface area (TPSA) is 43.2 Å². The Morgan fingerprint density at radius 2 is 0.587 bits per heavy atom. The molecule has 0 heterocycles. The van der Waals surface area contributed by atoms with Gasteiger partial charge in [0.05, 0.1) is 25.0 Å². The fourth-order valence-corrected chi connectivity index (χ4v) is 6.20.